The van der Waals surface area contributed by atoms with Crippen molar-refractivity contribution in [2.24, 2.45) is 0 Å². The van der Waals surface area contributed by atoms with E-state index in [1.165, 1.54) is 6.20 Å². The first-order chi connectivity index (χ1) is 9.24. The first-order valence-electron chi connectivity index (χ1n) is 5.64. The first-order valence-corrected chi connectivity index (χ1v) is 6.02. The molecule has 19 heavy (non-hydrogen) atoms. The number of aromatic nitrogens is 2. The third-order valence-electron chi connectivity index (χ3n) is 2.62. The highest BCUT2D eigenvalue weighted by atomic mass is 35.5. The molecular weight excluding hydrogens is 270 g/mol. The molecule has 0 saturated carbocycles. The Morgan fingerprint density at radius 2 is 2.11 bits per heavy atom. The number of halogens is 1. The number of benzene rings is 1. The molecule has 1 aromatic carbocycles. The minimum Gasteiger partial charge on any atom is -0.486 e. The van der Waals surface area contributed by atoms with Gasteiger partial charge in [0.25, 0.3) is 5.91 Å². The molecule has 0 spiro atoms. The van der Waals surface area contributed by atoms with Crippen LogP contribution in [0.25, 0.3) is 0 Å². The van der Waals surface area contributed by atoms with E-state index in [1.807, 2.05) is 0 Å². The summed E-state index contributed by atoms with van der Waals surface area (Å²) in [4.78, 5) is 11.9. The summed E-state index contributed by atoms with van der Waals surface area (Å²) in [5.74, 6) is 0.919. The molecule has 1 amide bonds. The number of rotatable bonds is 2. The third kappa shape index (κ3) is 2.34. The average molecular weight is 280 g/mol. The van der Waals surface area contributed by atoms with Crippen molar-refractivity contribution in [3.63, 3.8) is 0 Å². The van der Waals surface area contributed by atoms with Crippen LogP contribution >= 0.6 is 11.6 Å². The van der Waals surface area contributed by atoms with E-state index in [9.17, 15) is 4.79 Å². The van der Waals surface area contributed by atoms with Gasteiger partial charge in [0.15, 0.2) is 11.5 Å². The zero-order chi connectivity index (χ0) is 13.2. The standard InChI is InChI=1S/C12H10ClN3O3/c13-8-6-14-16-11(8)12(17)15-7-1-2-9-10(5-7)19-4-3-18-9/h1-2,5-6H,3-4H2,(H,14,16)(H,15,17). The van der Waals surface area contributed by atoms with Crippen LogP contribution in [0.4, 0.5) is 5.69 Å². The SMILES string of the molecule is O=C(Nc1ccc2c(c1)OCCO2)c1[nH]ncc1Cl. The maximum atomic E-state index is 11.9. The van der Waals surface area contributed by atoms with Gasteiger partial charge in [-0.05, 0) is 12.1 Å². The second-order valence-corrected chi connectivity index (χ2v) is 4.31. The monoisotopic (exact) mass is 279 g/mol. The Balaban J connectivity index is 1.80. The molecule has 0 bridgehead atoms. The Kier molecular flexibility index (Phi) is 3.00. The fourth-order valence-electron chi connectivity index (χ4n) is 1.75. The van der Waals surface area contributed by atoms with Crippen LogP contribution in [-0.2, 0) is 0 Å². The highest BCUT2D eigenvalue weighted by Gasteiger charge is 2.15. The second kappa shape index (κ2) is 4.81. The number of ether oxygens (including phenoxy) is 2. The number of aromatic amines is 1. The number of hydrogen-bond acceptors (Lipinski definition) is 4. The summed E-state index contributed by atoms with van der Waals surface area (Å²) in [5.41, 5.74) is 0.816. The Morgan fingerprint density at radius 3 is 2.84 bits per heavy atom. The van der Waals surface area contributed by atoms with Crippen molar-refractivity contribution in [1.29, 1.82) is 0 Å². The summed E-state index contributed by atoms with van der Waals surface area (Å²) in [6.45, 7) is 1.03. The zero-order valence-electron chi connectivity index (χ0n) is 9.77. The maximum absolute atomic E-state index is 11.9. The third-order valence-corrected chi connectivity index (χ3v) is 2.91. The molecule has 7 heteroatoms. The van der Waals surface area contributed by atoms with Gasteiger partial charge in [-0.15, -0.1) is 0 Å². The van der Waals surface area contributed by atoms with E-state index < -0.39 is 0 Å². The lowest BCUT2D eigenvalue weighted by atomic mass is 10.2. The number of nitrogens with zero attached hydrogens (tertiary/aromatic N) is 1. The van der Waals surface area contributed by atoms with E-state index in [0.29, 0.717) is 30.4 Å². The molecule has 1 aliphatic rings. The topological polar surface area (TPSA) is 76.2 Å². The smallest absolute Gasteiger partial charge is 0.275 e. The predicted molar refractivity (Wildman–Crippen MR) is 69.0 cm³/mol. The van der Waals surface area contributed by atoms with Crippen LogP contribution in [0.15, 0.2) is 24.4 Å². The molecule has 0 unspecified atom stereocenters. The lowest BCUT2D eigenvalue weighted by Gasteiger charge is -2.18. The average Bonchev–Trinajstić information content (AvgIpc) is 2.85. The van der Waals surface area contributed by atoms with E-state index in [-0.39, 0.29) is 16.6 Å². The Hall–Kier alpha value is -2.21. The number of nitrogens with one attached hydrogen (secondary N) is 2. The highest BCUT2D eigenvalue weighted by Crippen LogP contribution is 2.32. The van der Waals surface area contributed by atoms with Gasteiger partial charge in [-0.2, -0.15) is 5.10 Å². The molecule has 6 nitrogen and oxygen atoms in total. The molecule has 0 saturated heterocycles. The minimum atomic E-state index is -0.362. The summed E-state index contributed by atoms with van der Waals surface area (Å²) in [6.07, 6.45) is 1.38. The molecule has 2 N–H and O–H groups in total. The van der Waals surface area contributed by atoms with Crippen molar-refractivity contribution in [2.75, 3.05) is 18.5 Å². The summed E-state index contributed by atoms with van der Waals surface area (Å²) in [6, 6.07) is 5.19. The number of hydrogen-bond donors (Lipinski definition) is 2. The molecule has 2 aromatic rings. The van der Waals surface area contributed by atoms with Gasteiger partial charge in [0.1, 0.15) is 18.9 Å². The van der Waals surface area contributed by atoms with Gasteiger partial charge in [0.2, 0.25) is 0 Å². The quantitative estimate of drug-likeness (QED) is 0.882. The lowest BCUT2D eigenvalue weighted by molar-refractivity contribution is 0.102. The predicted octanol–water partition coefficient (Wildman–Crippen LogP) is 2.09. The van der Waals surface area contributed by atoms with Gasteiger partial charge in [-0.1, -0.05) is 11.6 Å². The summed E-state index contributed by atoms with van der Waals surface area (Å²) < 4.78 is 10.8. The van der Waals surface area contributed by atoms with E-state index in [2.05, 4.69) is 15.5 Å². The molecule has 0 fully saturated rings. The molecule has 3 rings (SSSR count). The lowest BCUT2D eigenvalue weighted by Crippen LogP contribution is -2.16. The van der Waals surface area contributed by atoms with Crippen molar-refractivity contribution >= 4 is 23.2 Å². The Bertz CT molecular complexity index is 626. The van der Waals surface area contributed by atoms with Gasteiger partial charge in [0.05, 0.1) is 11.2 Å². The number of fused-ring (bicyclic) bond motifs is 1. The van der Waals surface area contributed by atoms with Crippen LogP contribution in [0.3, 0.4) is 0 Å². The van der Waals surface area contributed by atoms with E-state index >= 15 is 0 Å². The highest BCUT2D eigenvalue weighted by molar-refractivity contribution is 6.34. The normalized spacial score (nSPS) is 13.1. The van der Waals surface area contributed by atoms with Crippen LogP contribution in [0.2, 0.25) is 5.02 Å². The number of carbonyl (C=O) groups excluding carboxylic acids is 1. The van der Waals surface area contributed by atoms with Crippen molar-refractivity contribution in [3.8, 4) is 11.5 Å². The van der Waals surface area contributed by atoms with Crippen LogP contribution < -0.4 is 14.8 Å². The number of anilines is 1. The Morgan fingerprint density at radius 1 is 1.32 bits per heavy atom. The van der Waals surface area contributed by atoms with E-state index in [0.717, 1.165) is 0 Å². The fraction of sp³-hybridized carbons (Fsp3) is 0.167. The van der Waals surface area contributed by atoms with Crippen LogP contribution in [0.1, 0.15) is 10.5 Å². The first kappa shape index (κ1) is 11.9. The van der Waals surface area contributed by atoms with Crippen molar-refractivity contribution < 1.29 is 14.3 Å². The van der Waals surface area contributed by atoms with Gasteiger partial charge < -0.3 is 14.8 Å². The fourth-order valence-corrected chi connectivity index (χ4v) is 1.92. The molecule has 98 valence electrons. The summed E-state index contributed by atoms with van der Waals surface area (Å²) >= 11 is 5.82. The van der Waals surface area contributed by atoms with Crippen molar-refractivity contribution in [1.82, 2.24) is 10.2 Å². The summed E-state index contributed by atoms with van der Waals surface area (Å²) in [5, 5.41) is 9.21. The largest absolute Gasteiger partial charge is 0.486 e. The van der Waals surface area contributed by atoms with Crippen LogP contribution in [0.5, 0.6) is 11.5 Å². The summed E-state index contributed by atoms with van der Waals surface area (Å²) in [7, 11) is 0. The molecule has 0 aliphatic carbocycles. The van der Waals surface area contributed by atoms with Crippen molar-refractivity contribution in [2.45, 2.75) is 0 Å². The second-order valence-electron chi connectivity index (χ2n) is 3.91. The molecule has 1 aromatic heterocycles. The number of H-pyrrole nitrogens is 1. The maximum Gasteiger partial charge on any atom is 0.275 e. The van der Waals surface area contributed by atoms with Crippen molar-refractivity contribution in [3.05, 3.63) is 35.1 Å². The van der Waals surface area contributed by atoms with Gasteiger partial charge in [-0.25, -0.2) is 0 Å². The van der Waals surface area contributed by atoms with Gasteiger partial charge >= 0.3 is 0 Å². The molecular formula is C12H10ClN3O3. The molecule has 1 aliphatic heterocycles. The van der Waals surface area contributed by atoms with Gasteiger partial charge in [0, 0.05) is 11.8 Å². The van der Waals surface area contributed by atoms with E-state index in [4.69, 9.17) is 21.1 Å². The minimum absolute atomic E-state index is 0.219. The molecule has 0 atom stereocenters. The van der Waals surface area contributed by atoms with Gasteiger partial charge in [-0.3, -0.25) is 9.89 Å². The van der Waals surface area contributed by atoms with Crippen LogP contribution in [-0.4, -0.2) is 29.3 Å². The van der Waals surface area contributed by atoms with Crippen LogP contribution in [0, 0.1) is 0 Å². The number of carbonyl (C=O) groups is 1. The zero-order valence-corrected chi connectivity index (χ0v) is 10.5. The number of amides is 1. The molecule has 2 heterocycles. The Labute approximate surface area is 113 Å². The van der Waals surface area contributed by atoms with E-state index in [1.54, 1.807) is 18.2 Å². The molecule has 0 radical (unpaired) electrons.